The van der Waals surface area contributed by atoms with Crippen LogP contribution in [0.15, 0.2) is 48.5 Å². The largest absolute Gasteiger partial charge is 0.347 e. The molecule has 2 aromatic rings. The maximum atomic E-state index is 12.9. The number of amides is 2. The molecule has 27 heavy (non-hydrogen) atoms. The quantitative estimate of drug-likeness (QED) is 0.768. The lowest BCUT2D eigenvalue weighted by Gasteiger charge is -2.21. The van der Waals surface area contributed by atoms with E-state index in [0.29, 0.717) is 12.0 Å². The van der Waals surface area contributed by atoms with Crippen LogP contribution in [0, 0.1) is 6.92 Å². The van der Waals surface area contributed by atoms with Gasteiger partial charge in [-0.15, -0.1) is 0 Å². The molecule has 2 atom stereocenters. The first-order chi connectivity index (χ1) is 13.1. The molecule has 1 aliphatic rings. The molecule has 0 bridgehead atoms. The van der Waals surface area contributed by atoms with Crippen LogP contribution in [0.1, 0.15) is 45.9 Å². The number of aryl methyl sites for hydroxylation is 2. The summed E-state index contributed by atoms with van der Waals surface area (Å²) >= 11 is 1.67. The van der Waals surface area contributed by atoms with E-state index in [0.717, 1.165) is 24.2 Å². The number of carbonyl (C=O) groups is 2. The van der Waals surface area contributed by atoms with Gasteiger partial charge in [0.25, 0.3) is 5.91 Å². The molecule has 142 valence electrons. The Labute approximate surface area is 165 Å². The van der Waals surface area contributed by atoms with Crippen molar-refractivity contribution in [2.45, 2.75) is 38.3 Å². The van der Waals surface area contributed by atoms with Crippen molar-refractivity contribution in [3.05, 3.63) is 70.8 Å². The molecule has 0 saturated heterocycles. The fourth-order valence-corrected chi connectivity index (χ4v) is 3.98. The molecule has 0 aliphatic heterocycles. The summed E-state index contributed by atoms with van der Waals surface area (Å²) in [5.74, 6) is 0.506. The summed E-state index contributed by atoms with van der Waals surface area (Å²) < 4.78 is 0. The van der Waals surface area contributed by atoms with Crippen molar-refractivity contribution in [3.63, 3.8) is 0 Å². The molecule has 0 radical (unpaired) electrons. The Morgan fingerprint density at radius 2 is 2.00 bits per heavy atom. The molecule has 0 saturated carbocycles. The van der Waals surface area contributed by atoms with Gasteiger partial charge in [0.05, 0.1) is 6.04 Å². The van der Waals surface area contributed by atoms with Gasteiger partial charge in [0.1, 0.15) is 6.04 Å². The van der Waals surface area contributed by atoms with E-state index in [1.165, 1.54) is 11.1 Å². The van der Waals surface area contributed by atoms with Crippen LogP contribution >= 0.6 is 11.8 Å². The van der Waals surface area contributed by atoms with Gasteiger partial charge >= 0.3 is 0 Å². The molecule has 0 spiro atoms. The van der Waals surface area contributed by atoms with Gasteiger partial charge in [0, 0.05) is 5.56 Å². The maximum Gasteiger partial charge on any atom is 0.251 e. The Morgan fingerprint density at radius 1 is 1.19 bits per heavy atom. The molecule has 2 aromatic carbocycles. The van der Waals surface area contributed by atoms with Crippen molar-refractivity contribution in [2.75, 3.05) is 12.0 Å². The summed E-state index contributed by atoms with van der Waals surface area (Å²) in [4.78, 5) is 25.5. The van der Waals surface area contributed by atoms with E-state index >= 15 is 0 Å². The SMILES string of the molecule is CSCCC(NC(=O)c1cccc(C)c1)C(=O)NC1CCc2ccccc21. The molecule has 4 nitrogen and oxygen atoms in total. The van der Waals surface area contributed by atoms with Crippen molar-refractivity contribution in [2.24, 2.45) is 0 Å². The lowest BCUT2D eigenvalue weighted by molar-refractivity contribution is -0.123. The lowest BCUT2D eigenvalue weighted by atomic mass is 10.1. The highest BCUT2D eigenvalue weighted by atomic mass is 32.2. The first-order valence-corrected chi connectivity index (χ1v) is 10.7. The second-order valence-electron chi connectivity index (χ2n) is 6.98. The maximum absolute atomic E-state index is 12.9. The number of thioether (sulfide) groups is 1. The van der Waals surface area contributed by atoms with E-state index < -0.39 is 6.04 Å². The number of carbonyl (C=O) groups excluding carboxylic acids is 2. The second-order valence-corrected chi connectivity index (χ2v) is 7.96. The fourth-order valence-electron chi connectivity index (χ4n) is 3.51. The van der Waals surface area contributed by atoms with Gasteiger partial charge in [-0.3, -0.25) is 9.59 Å². The van der Waals surface area contributed by atoms with Crippen LogP contribution in [0.5, 0.6) is 0 Å². The zero-order valence-corrected chi connectivity index (χ0v) is 16.6. The fraction of sp³-hybridized carbons (Fsp3) is 0.364. The van der Waals surface area contributed by atoms with Crippen LogP contribution in [0.25, 0.3) is 0 Å². The molecule has 3 rings (SSSR count). The van der Waals surface area contributed by atoms with Crippen LogP contribution in [0.4, 0.5) is 0 Å². The summed E-state index contributed by atoms with van der Waals surface area (Å²) in [6, 6.07) is 15.2. The number of fused-ring (bicyclic) bond motifs is 1. The first kappa shape index (κ1) is 19.5. The Balaban J connectivity index is 1.68. The normalized spacial score (nSPS) is 16.4. The van der Waals surface area contributed by atoms with Crippen LogP contribution in [-0.2, 0) is 11.2 Å². The van der Waals surface area contributed by atoms with E-state index in [1.54, 1.807) is 17.8 Å². The van der Waals surface area contributed by atoms with Gasteiger partial charge < -0.3 is 10.6 Å². The zero-order valence-electron chi connectivity index (χ0n) is 15.8. The Kier molecular flexibility index (Phi) is 6.56. The standard InChI is InChI=1S/C22H26N2O2S/c1-15-6-5-8-17(14-15)21(25)24-20(12-13-27-2)22(26)23-19-11-10-16-7-3-4-9-18(16)19/h3-9,14,19-20H,10-13H2,1-2H3,(H,23,26)(H,24,25). The number of rotatable bonds is 7. The van der Waals surface area contributed by atoms with Crippen LogP contribution < -0.4 is 10.6 Å². The highest BCUT2D eigenvalue weighted by Crippen LogP contribution is 2.30. The van der Waals surface area contributed by atoms with Gasteiger partial charge in [-0.2, -0.15) is 11.8 Å². The van der Waals surface area contributed by atoms with E-state index in [9.17, 15) is 9.59 Å². The van der Waals surface area contributed by atoms with Crippen molar-refractivity contribution >= 4 is 23.6 Å². The third-order valence-corrected chi connectivity index (χ3v) is 5.61. The van der Waals surface area contributed by atoms with Crippen molar-refractivity contribution in [3.8, 4) is 0 Å². The third-order valence-electron chi connectivity index (χ3n) is 4.96. The minimum Gasteiger partial charge on any atom is -0.347 e. The summed E-state index contributed by atoms with van der Waals surface area (Å²) in [5, 5.41) is 6.08. The van der Waals surface area contributed by atoms with Crippen LogP contribution in [-0.4, -0.2) is 29.9 Å². The smallest absolute Gasteiger partial charge is 0.251 e. The van der Waals surface area contributed by atoms with Crippen LogP contribution in [0.3, 0.4) is 0 Å². The average molecular weight is 383 g/mol. The minimum absolute atomic E-state index is 0.0290. The predicted molar refractivity (Wildman–Crippen MR) is 111 cm³/mol. The second kappa shape index (κ2) is 9.09. The Morgan fingerprint density at radius 3 is 2.78 bits per heavy atom. The van der Waals surface area contributed by atoms with Gasteiger partial charge in [0.15, 0.2) is 0 Å². The number of benzene rings is 2. The molecule has 0 heterocycles. The van der Waals surface area contributed by atoms with Gasteiger partial charge in [-0.25, -0.2) is 0 Å². The number of hydrogen-bond acceptors (Lipinski definition) is 3. The minimum atomic E-state index is -0.529. The highest BCUT2D eigenvalue weighted by Gasteiger charge is 2.27. The first-order valence-electron chi connectivity index (χ1n) is 9.33. The van der Waals surface area contributed by atoms with Crippen molar-refractivity contribution in [1.82, 2.24) is 10.6 Å². The lowest BCUT2D eigenvalue weighted by Crippen LogP contribution is -2.47. The third kappa shape index (κ3) is 4.92. The van der Waals surface area contributed by atoms with Crippen LogP contribution in [0.2, 0.25) is 0 Å². The summed E-state index contributed by atoms with van der Waals surface area (Å²) in [6.07, 6.45) is 4.50. The van der Waals surface area contributed by atoms with E-state index in [4.69, 9.17) is 0 Å². The van der Waals surface area contributed by atoms with Gasteiger partial charge in [-0.1, -0.05) is 42.0 Å². The van der Waals surface area contributed by atoms with Gasteiger partial charge in [0.2, 0.25) is 5.91 Å². The topological polar surface area (TPSA) is 58.2 Å². The molecule has 0 aromatic heterocycles. The monoisotopic (exact) mass is 382 g/mol. The molecule has 2 N–H and O–H groups in total. The summed E-state index contributed by atoms with van der Waals surface area (Å²) in [7, 11) is 0. The predicted octanol–water partition coefficient (Wildman–Crippen LogP) is 3.65. The average Bonchev–Trinajstić information content (AvgIpc) is 3.08. The molecule has 2 amide bonds. The molecule has 0 fully saturated rings. The molecule has 5 heteroatoms. The van der Waals surface area contributed by atoms with Crippen molar-refractivity contribution in [1.29, 1.82) is 0 Å². The Hall–Kier alpha value is -2.27. The zero-order chi connectivity index (χ0) is 19.2. The Bertz CT molecular complexity index is 821. The molecular weight excluding hydrogens is 356 g/mol. The van der Waals surface area contributed by atoms with E-state index in [1.807, 2.05) is 43.5 Å². The number of nitrogens with one attached hydrogen (secondary N) is 2. The molecular formula is C22H26N2O2S. The highest BCUT2D eigenvalue weighted by molar-refractivity contribution is 7.98. The van der Waals surface area contributed by atoms with Crippen molar-refractivity contribution < 1.29 is 9.59 Å². The van der Waals surface area contributed by atoms with Gasteiger partial charge in [-0.05, 0) is 61.5 Å². The van der Waals surface area contributed by atoms with E-state index in [-0.39, 0.29) is 17.9 Å². The summed E-state index contributed by atoms with van der Waals surface area (Å²) in [6.45, 7) is 1.95. The summed E-state index contributed by atoms with van der Waals surface area (Å²) in [5.41, 5.74) is 4.10. The molecule has 1 aliphatic carbocycles. The molecule has 2 unspecified atom stereocenters. The van der Waals surface area contributed by atoms with E-state index in [2.05, 4.69) is 22.8 Å². The number of hydrogen-bond donors (Lipinski definition) is 2.